The van der Waals surface area contributed by atoms with Gasteiger partial charge in [-0.15, -0.1) is 18.2 Å². The lowest BCUT2D eigenvalue weighted by atomic mass is 9.97. The molecule has 4 N–H and O–H groups in total. The maximum Gasteiger partial charge on any atom is 0.252 e. The van der Waals surface area contributed by atoms with Crippen molar-refractivity contribution in [3.05, 3.63) is 35.9 Å². The minimum Gasteiger partial charge on any atom is -0.383 e. The Bertz CT molecular complexity index is 749. The number of aliphatic hydroxyl groups is 1. The smallest absolute Gasteiger partial charge is 0.252 e. The maximum atomic E-state index is 12.8. The van der Waals surface area contributed by atoms with Gasteiger partial charge in [-0.1, -0.05) is 36.3 Å². The van der Waals surface area contributed by atoms with Gasteiger partial charge in [0.05, 0.1) is 12.4 Å². The highest BCUT2D eigenvalue weighted by Gasteiger charge is 2.55. The molecule has 8 heteroatoms. The molecule has 0 bridgehead atoms. The highest BCUT2D eigenvalue weighted by atomic mass is 32.2. The van der Waals surface area contributed by atoms with Crippen molar-refractivity contribution >= 4 is 29.5 Å². The number of nitrogens with two attached hydrogens (primary N) is 1. The minimum atomic E-state index is -1.30. The lowest BCUT2D eigenvalue weighted by Gasteiger charge is -2.31. The summed E-state index contributed by atoms with van der Waals surface area (Å²) in [5, 5.41) is 12.8. The normalized spacial score (nSPS) is 22.7. The number of carbonyl (C=O) groups is 3. The van der Waals surface area contributed by atoms with E-state index in [-0.39, 0.29) is 18.8 Å². The van der Waals surface area contributed by atoms with Crippen LogP contribution in [0.1, 0.15) is 18.9 Å². The van der Waals surface area contributed by atoms with Crippen LogP contribution in [0.2, 0.25) is 0 Å². The van der Waals surface area contributed by atoms with E-state index in [4.69, 9.17) is 12.2 Å². The first-order valence-electron chi connectivity index (χ1n) is 8.48. The SMILES string of the molecule is C#CCNC(=O)C1N(C(=O)C(O)CCc2ccccc2)CSC1(C)C(N)=O. The zero-order valence-corrected chi connectivity index (χ0v) is 15.9. The van der Waals surface area contributed by atoms with Crippen LogP contribution in [0.5, 0.6) is 0 Å². The summed E-state index contributed by atoms with van der Waals surface area (Å²) in [6, 6.07) is 8.32. The van der Waals surface area contributed by atoms with Gasteiger partial charge in [-0.3, -0.25) is 14.4 Å². The van der Waals surface area contributed by atoms with Gasteiger partial charge in [0.25, 0.3) is 5.91 Å². The van der Waals surface area contributed by atoms with E-state index >= 15 is 0 Å². The Hall–Kier alpha value is -2.50. The van der Waals surface area contributed by atoms with Crippen molar-refractivity contribution in [1.29, 1.82) is 0 Å². The summed E-state index contributed by atoms with van der Waals surface area (Å²) in [5.74, 6) is 0.474. The van der Waals surface area contributed by atoms with Gasteiger partial charge in [0.2, 0.25) is 11.8 Å². The molecular formula is C19H23N3O4S. The van der Waals surface area contributed by atoms with Gasteiger partial charge in [0.1, 0.15) is 16.9 Å². The number of thioether (sulfide) groups is 1. The molecule has 1 aliphatic heterocycles. The first-order valence-corrected chi connectivity index (χ1v) is 9.47. The van der Waals surface area contributed by atoms with Gasteiger partial charge in [-0.2, -0.15) is 0 Å². The number of carbonyl (C=O) groups excluding carboxylic acids is 3. The number of terminal acetylenes is 1. The Kier molecular flexibility index (Phi) is 6.88. The summed E-state index contributed by atoms with van der Waals surface area (Å²) < 4.78 is -1.30. The van der Waals surface area contributed by atoms with Crippen molar-refractivity contribution in [2.75, 3.05) is 12.4 Å². The topological polar surface area (TPSA) is 113 Å². The van der Waals surface area contributed by atoms with Crippen molar-refractivity contribution in [1.82, 2.24) is 10.2 Å². The predicted octanol–water partition coefficient (Wildman–Crippen LogP) is -0.125. The van der Waals surface area contributed by atoms with E-state index in [1.54, 1.807) is 0 Å². The molecule has 1 aromatic rings. The molecule has 3 amide bonds. The summed E-state index contributed by atoms with van der Waals surface area (Å²) >= 11 is 1.10. The number of nitrogens with one attached hydrogen (secondary N) is 1. The summed E-state index contributed by atoms with van der Waals surface area (Å²) in [5.41, 5.74) is 6.47. The predicted molar refractivity (Wildman–Crippen MR) is 103 cm³/mol. The van der Waals surface area contributed by atoms with Crippen molar-refractivity contribution in [2.24, 2.45) is 5.73 Å². The Labute approximate surface area is 162 Å². The monoisotopic (exact) mass is 389 g/mol. The molecule has 1 aliphatic rings. The second-order valence-electron chi connectivity index (χ2n) is 6.42. The first kappa shape index (κ1) is 20.8. The number of rotatable bonds is 7. The van der Waals surface area contributed by atoms with Gasteiger partial charge in [-0.25, -0.2) is 0 Å². The van der Waals surface area contributed by atoms with Gasteiger partial charge >= 0.3 is 0 Å². The highest BCUT2D eigenvalue weighted by Crippen LogP contribution is 2.40. The van der Waals surface area contributed by atoms with Crippen LogP contribution in [0.15, 0.2) is 30.3 Å². The Morgan fingerprint density at radius 2 is 2.11 bits per heavy atom. The van der Waals surface area contributed by atoms with Crippen molar-refractivity contribution in [3.8, 4) is 12.3 Å². The van der Waals surface area contributed by atoms with Gasteiger partial charge in [0.15, 0.2) is 0 Å². The number of aryl methyl sites for hydroxylation is 1. The third-order valence-electron chi connectivity index (χ3n) is 4.56. The molecule has 1 aromatic carbocycles. The molecule has 7 nitrogen and oxygen atoms in total. The van der Waals surface area contributed by atoms with Crippen LogP contribution in [-0.2, 0) is 20.8 Å². The molecular weight excluding hydrogens is 366 g/mol. The average Bonchev–Trinajstić information content (AvgIpc) is 3.03. The van der Waals surface area contributed by atoms with E-state index in [1.807, 2.05) is 30.3 Å². The van der Waals surface area contributed by atoms with Crippen LogP contribution in [0, 0.1) is 12.3 Å². The Balaban J connectivity index is 2.13. The highest BCUT2D eigenvalue weighted by molar-refractivity contribution is 8.01. The fourth-order valence-corrected chi connectivity index (χ4v) is 4.16. The second-order valence-corrected chi connectivity index (χ2v) is 7.81. The number of hydrogen-bond donors (Lipinski definition) is 3. The van der Waals surface area contributed by atoms with E-state index in [0.29, 0.717) is 6.42 Å². The van der Waals surface area contributed by atoms with E-state index in [1.165, 1.54) is 11.8 Å². The Morgan fingerprint density at radius 3 is 2.70 bits per heavy atom. The molecule has 0 aromatic heterocycles. The lowest BCUT2D eigenvalue weighted by Crippen LogP contribution is -2.59. The standard InChI is InChI=1S/C19H23N3O4S/c1-3-11-21-16(24)15-19(2,18(20)26)27-12-22(15)17(25)14(23)10-9-13-7-5-4-6-8-13/h1,4-8,14-15,23H,9-12H2,2H3,(H2,20,26)(H,21,24). The summed E-state index contributed by atoms with van der Waals surface area (Å²) in [7, 11) is 0. The van der Waals surface area contributed by atoms with Crippen molar-refractivity contribution in [3.63, 3.8) is 0 Å². The number of amides is 3. The number of benzene rings is 1. The zero-order chi connectivity index (χ0) is 20.0. The van der Waals surface area contributed by atoms with Crippen LogP contribution in [0.4, 0.5) is 0 Å². The maximum absolute atomic E-state index is 12.8. The van der Waals surface area contributed by atoms with E-state index in [0.717, 1.165) is 17.3 Å². The van der Waals surface area contributed by atoms with E-state index in [2.05, 4.69) is 11.2 Å². The Morgan fingerprint density at radius 1 is 1.44 bits per heavy atom. The summed E-state index contributed by atoms with van der Waals surface area (Å²) in [6.07, 6.45) is 4.58. The third kappa shape index (κ3) is 4.62. The largest absolute Gasteiger partial charge is 0.383 e. The van der Waals surface area contributed by atoms with Crippen LogP contribution in [0.25, 0.3) is 0 Å². The molecule has 0 aliphatic carbocycles. The van der Waals surface area contributed by atoms with Crippen LogP contribution < -0.4 is 11.1 Å². The van der Waals surface area contributed by atoms with Gasteiger partial charge in [0, 0.05) is 0 Å². The van der Waals surface area contributed by atoms with Crippen LogP contribution in [0.3, 0.4) is 0 Å². The molecule has 0 spiro atoms. The quantitative estimate of drug-likeness (QED) is 0.563. The number of nitrogens with zero attached hydrogens (tertiary/aromatic N) is 1. The van der Waals surface area contributed by atoms with E-state index in [9.17, 15) is 19.5 Å². The van der Waals surface area contributed by atoms with Gasteiger partial charge in [-0.05, 0) is 25.3 Å². The third-order valence-corrected chi connectivity index (χ3v) is 5.99. The van der Waals surface area contributed by atoms with E-state index < -0.39 is 34.6 Å². The molecule has 1 heterocycles. The van der Waals surface area contributed by atoms with Crippen LogP contribution in [-0.4, -0.2) is 57.0 Å². The first-order chi connectivity index (χ1) is 12.8. The number of aliphatic hydroxyl groups excluding tert-OH is 1. The van der Waals surface area contributed by atoms with Gasteiger partial charge < -0.3 is 21.1 Å². The fourth-order valence-electron chi connectivity index (χ4n) is 2.94. The van der Waals surface area contributed by atoms with Crippen molar-refractivity contribution < 1.29 is 19.5 Å². The zero-order valence-electron chi connectivity index (χ0n) is 15.1. The molecule has 1 fully saturated rings. The fraction of sp³-hybridized carbons (Fsp3) is 0.421. The molecule has 1 saturated heterocycles. The molecule has 144 valence electrons. The number of hydrogen-bond acceptors (Lipinski definition) is 5. The number of primary amides is 1. The molecule has 0 saturated carbocycles. The van der Waals surface area contributed by atoms with Crippen LogP contribution >= 0.6 is 11.8 Å². The summed E-state index contributed by atoms with van der Waals surface area (Å²) in [6.45, 7) is 1.48. The minimum absolute atomic E-state index is 0.0343. The molecule has 3 unspecified atom stereocenters. The second kappa shape index (κ2) is 8.93. The average molecular weight is 389 g/mol. The molecule has 0 radical (unpaired) electrons. The molecule has 27 heavy (non-hydrogen) atoms. The van der Waals surface area contributed by atoms with Crippen molar-refractivity contribution in [2.45, 2.75) is 36.7 Å². The molecule has 2 rings (SSSR count). The molecule has 3 atom stereocenters. The lowest BCUT2D eigenvalue weighted by molar-refractivity contribution is -0.147. The summed E-state index contributed by atoms with van der Waals surface area (Å²) in [4.78, 5) is 38.4.